The number of nitrogens with zero attached hydrogens (tertiary/aromatic N) is 1. The number of carbonyl (C=O) groups excluding carboxylic acids is 1. The van der Waals surface area contributed by atoms with Crippen molar-refractivity contribution in [3.05, 3.63) is 63.6 Å². The number of rotatable bonds is 3. The molecule has 3 heterocycles. The van der Waals surface area contributed by atoms with Crippen molar-refractivity contribution in [3.8, 4) is 0 Å². The second kappa shape index (κ2) is 7.31. The maximum atomic E-state index is 13.1. The molecule has 2 atom stereocenters. The summed E-state index contributed by atoms with van der Waals surface area (Å²) in [7, 11) is 0. The Morgan fingerprint density at radius 3 is 2.65 bits per heavy atom. The van der Waals surface area contributed by atoms with Gasteiger partial charge in [0.05, 0.1) is 6.04 Å². The van der Waals surface area contributed by atoms with Crippen LogP contribution in [0.3, 0.4) is 0 Å². The maximum Gasteiger partial charge on any atom is 0.241 e. The van der Waals surface area contributed by atoms with E-state index in [9.17, 15) is 9.18 Å². The zero-order valence-corrected chi connectivity index (χ0v) is 15.5. The van der Waals surface area contributed by atoms with E-state index < -0.39 is 0 Å². The molecular weight excluding hydrogens is 349 g/mol. The summed E-state index contributed by atoms with van der Waals surface area (Å²) in [4.78, 5) is 17.3. The number of hydrazine groups is 1. The van der Waals surface area contributed by atoms with Gasteiger partial charge in [0.2, 0.25) is 5.91 Å². The predicted molar refractivity (Wildman–Crippen MR) is 102 cm³/mol. The SMILES string of the molecule is Cc1ccc(C2CC(C(=O)N3CC=C(c4ccc(F)cc4)CC3)NN2)s1. The molecule has 4 rings (SSSR count). The number of carbonyl (C=O) groups is 1. The molecule has 6 heteroatoms. The highest BCUT2D eigenvalue weighted by Gasteiger charge is 2.33. The molecule has 1 aromatic carbocycles. The molecule has 0 saturated carbocycles. The lowest BCUT2D eigenvalue weighted by molar-refractivity contribution is -0.132. The Hall–Kier alpha value is -2.02. The fraction of sp³-hybridized carbons (Fsp3) is 0.350. The summed E-state index contributed by atoms with van der Waals surface area (Å²) in [5.41, 5.74) is 8.64. The largest absolute Gasteiger partial charge is 0.337 e. The third-order valence-electron chi connectivity index (χ3n) is 5.04. The first-order valence-corrected chi connectivity index (χ1v) is 9.73. The third-order valence-corrected chi connectivity index (χ3v) is 6.16. The quantitative estimate of drug-likeness (QED) is 0.869. The topological polar surface area (TPSA) is 44.4 Å². The Morgan fingerprint density at radius 2 is 2.00 bits per heavy atom. The van der Waals surface area contributed by atoms with E-state index in [1.54, 1.807) is 23.5 Å². The van der Waals surface area contributed by atoms with Crippen LogP contribution in [0.25, 0.3) is 5.57 Å². The van der Waals surface area contributed by atoms with Crippen LogP contribution in [0.15, 0.2) is 42.5 Å². The first-order valence-electron chi connectivity index (χ1n) is 8.91. The molecule has 1 amide bonds. The van der Waals surface area contributed by atoms with Crippen molar-refractivity contribution in [1.82, 2.24) is 15.8 Å². The number of benzene rings is 1. The lowest BCUT2D eigenvalue weighted by Crippen LogP contribution is -2.46. The van der Waals surface area contributed by atoms with Gasteiger partial charge in [-0.15, -0.1) is 11.3 Å². The number of aryl methyl sites for hydroxylation is 1. The van der Waals surface area contributed by atoms with Gasteiger partial charge < -0.3 is 4.90 Å². The molecule has 1 aromatic heterocycles. The highest BCUT2D eigenvalue weighted by atomic mass is 32.1. The van der Waals surface area contributed by atoms with Crippen LogP contribution in [-0.4, -0.2) is 29.9 Å². The van der Waals surface area contributed by atoms with E-state index in [0.717, 1.165) is 18.4 Å². The average molecular weight is 371 g/mol. The molecule has 2 aliphatic rings. The van der Waals surface area contributed by atoms with Crippen molar-refractivity contribution in [2.45, 2.75) is 31.8 Å². The van der Waals surface area contributed by atoms with Crippen LogP contribution in [0.1, 0.15) is 34.2 Å². The molecule has 2 aliphatic heterocycles. The molecule has 1 fully saturated rings. The molecule has 2 unspecified atom stereocenters. The number of nitrogens with one attached hydrogen (secondary N) is 2. The molecule has 1 saturated heterocycles. The average Bonchev–Trinajstić information content (AvgIpc) is 3.31. The van der Waals surface area contributed by atoms with Crippen LogP contribution in [0, 0.1) is 12.7 Å². The summed E-state index contributed by atoms with van der Waals surface area (Å²) >= 11 is 1.77. The van der Waals surface area contributed by atoms with Crippen LogP contribution in [-0.2, 0) is 4.79 Å². The third kappa shape index (κ3) is 3.58. The van der Waals surface area contributed by atoms with Crippen molar-refractivity contribution >= 4 is 22.8 Å². The summed E-state index contributed by atoms with van der Waals surface area (Å²) in [5.74, 6) is -0.0834. The maximum absolute atomic E-state index is 13.1. The second-order valence-corrected chi connectivity index (χ2v) is 8.17. The van der Waals surface area contributed by atoms with Gasteiger partial charge >= 0.3 is 0 Å². The molecule has 2 aromatic rings. The minimum atomic E-state index is -0.225. The number of hydrogen-bond donors (Lipinski definition) is 2. The molecule has 2 N–H and O–H groups in total. The van der Waals surface area contributed by atoms with Crippen LogP contribution in [0.2, 0.25) is 0 Å². The van der Waals surface area contributed by atoms with Crippen LogP contribution in [0.5, 0.6) is 0 Å². The molecule has 0 bridgehead atoms. The molecule has 0 radical (unpaired) electrons. The Balaban J connectivity index is 1.37. The van der Waals surface area contributed by atoms with E-state index >= 15 is 0 Å². The van der Waals surface area contributed by atoms with Gasteiger partial charge in [-0.1, -0.05) is 18.2 Å². The van der Waals surface area contributed by atoms with E-state index in [1.807, 2.05) is 4.90 Å². The Morgan fingerprint density at radius 1 is 1.19 bits per heavy atom. The predicted octanol–water partition coefficient (Wildman–Crippen LogP) is 3.42. The molecule has 26 heavy (non-hydrogen) atoms. The second-order valence-electron chi connectivity index (χ2n) is 6.85. The number of halogens is 1. The Bertz CT molecular complexity index is 830. The fourth-order valence-corrected chi connectivity index (χ4v) is 4.50. The van der Waals surface area contributed by atoms with Crippen molar-refractivity contribution in [3.63, 3.8) is 0 Å². The van der Waals surface area contributed by atoms with Crippen LogP contribution in [0.4, 0.5) is 4.39 Å². The molecule has 0 aliphatic carbocycles. The van der Waals surface area contributed by atoms with Gasteiger partial charge in [-0.3, -0.25) is 4.79 Å². The molecule has 4 nitrogen and oxygen atoms in total. The Labute approximate surface area is 156 Å². The molecule has 136 valence electrons. The minimum Gasteiger partial charge on any atom is -0.337 e. The minimum absolute atomic E-state index is 0.141. The van der Waals surface area contributed by atoms with Gasteiger partial charge in [-0.2, -0.15) is 0 Å². The van der Waals surface area contributed by atoms with E-state index in [4.69, 9.17) is 0 Å². The standard InChI is InChI=1S/C20H22FN3OS/c1-13-2-7-19(26-13)17-12-18(23-22-17)20(25)24-10-8-15(9-11-24)14-3-5-16(21)6-4-14/h2-8,17-18,22-23H,9-12H2,1H3. The lowest BCUT2D eigenvalue weighted by Gasteiger charge is -2.28. The first-order chi connectivity index (χ1) is 12.6. The van der Waals surface area contributed by atoms with Crippen LogP contribution >= 0.6 is 11.3 Å². The lowest BCUT2D eigenvalue weighted by atomic mass is 9.98. The molecular formula is C20H22FN3OS. The van der Waals surface area contributed by atoms with Gasteiger partial charge in [0, 0.05) is 22.8 Å². The van der Waals surface area contributed by atoms with E-state index in [-0.39, 0.29) is 23.8 Å². The van der Waals surface area contributed by atoms with Crippen molar-refractivity contribution in [1.29, 1.82) is 0 Å². The zero-order chi connectivity index (χ0) is 18.1. The highest BCUT2D eigenvalue weighted by molar-refractivity contribution is 7.12. The van der Waals surface area contributed by atoms with Gasteiger partial charge in [0.25, 0.3) is 0 Å². The van der Waals surface area contributed by atoms with Crippen molar-refractivity contribution in [2.24, 2.45) is 0 Å². The fourth-order valence-electron chi connectivity index (χ4n) is 3.56. The number of amides is 1. The van der Waals surface area contributed by atoms with E-state index in [1.165, 1.54) is 27.5 Å². The van der Waals surface area contributed by atoms with Gasteiger partial charge in [-0.25, -0.2) is 15.2 Å². The van der Waals surface area contributed by atoms with Crippen molar-refractivity contribution < 1.29 is 9.18 Å². The summed E-state index contributed by atoms with van der Waals surface area (Å²) in [6.45, 7) is 3.40. The van der Waals surface area contributed by atoms with Gasteiger partial charge in [0.15, 0.2) is 0 Å². The Kier molecular flexibility index (Phi) is 4.89. The van der Waals surface area contributed by atoms with Gasteiger partial charge in [-0.05, 0) is 55.2 Å². The highest BCUT2D eigenvalue weighted by Crippen LogP contribution is 2.29. The zero-order valence-electron chi connectivity index (χ0n) is 14.7. The number of thiophene rings is 1. The molecule has 0 spiro atoms. The monoisotopic (exact) mass is 371 g/mol. The van der Waals surface area contributed by atoms with Crippen LogP contribution < -0.4 is 10.9 Å². The first kappa shape index (κ1) is 17.4. The van der Waals surface area contributed by atoms with Gasteiger partial charge in [0.1, 0.15) is 11.9 Å². The summed E-state index contributed by atoms with van der Waals surface area (Å²) in [5, 5.41) is 0. The normalized spacial score (nSPS) is 23.2. The van der Waals surface area contributed by atoms with E-state index in [0.29, 0.717) is 13.1 Å². The smallest absolute Gasteiger partial charge is 0.241 e. The van der Waals surface area contributed by atoms with E-state index in [2.05, 4.69) is 36.0 Å². The number of hydrogen-bond acceptors (Lipinski definition) is 4. The summed E-state index contributed by atoms with van der Waals surface area (Å²) < 4.78 is 13.1. The van der Waals surface area contributed by atoms with Crippen molar-refractivity contribution in [2.75, 3.05) is 13.1 Å². The summed E-state index contributed by atoms with van der Waals surface area (Å²) in [6.07, 6.45) is 3.64. The summed E-state index contributed by atoms with van der Waals surface area (Å²) in [6, 6.07) is 10.8.